The van der Waals surface area contributed by atoms with Gasteiger partial charge in [-0.1, -0.05) is 139 Å². The zero-order chi connectivity index (χ0) is 46.9. The van der Waals surface area contributed by atoms with Crippen LogP contribution in [0.1, 0.15) is 65.8 Å². The van der Waals surface area contributed by atoms with E-state index in [4.69, 9.17) is 20.2 Å². The minimum Gasteiger partial charge on any atom is -0.311 e. The summed E-state index contributed by atoms with van der Waals surface area (Å²) in [6, 6.07) is 59.5. The van der Waals surface area contributed by atoms with E-state index in [9.17, 15) is 9.59 Å². The van der Waals surface area contributed by atoms with Crippen LogP contribution < -0.4 is 9.80 Å². The van der Waals surface area contributed by atoms with E-state index in [1.54, 1.807) is 13.8 Å². The molecule has 0 N–H and O–H groups in total. The van der Waals surface area contributed by atoms with Crippen molar-refractivity contribution in [3.05, 3.63) is 181 Å². The Labute approximate surface area is 393 Å². The van der Waals surface area contributed by atoms with E-state index in [-0.39, 0.29) is 11.6 Å². The fourth-order valence-electron chi connectivity index (χ4n) is 8.44. The number of Topliss-reactive ketones (excluding diaryl/α,β-unsaturated/α-hetero) is 2. The van der Waals surface area contributed by atoms with Crippen molar-refractivity contribution in [2.45, 2.75) is 73.8 Å². The summed E-state index contributed by atoms with van der Waals surface area (Å²) < 4.78 is 0. The molecule has 9 rings (SSSR count). The number of carbonyl (C=O) groups excluding carboxylic acids is 2. The summed E-state index contributed by atoms with van der Waals surface area (Å²) in [5.41, 5.74) is 15.8. The van der Waals surface area contributed by atoms with Crippen molar-refractivity contribution in [1.29, 1.82) is 0 Å². The molecule has 0 aliphatic rings. The molecule has 2 heterocycles. The van der Waals surface area contributed by atoms with Gasteiger partial charge in [-0.3, -0.25) is 9.59 Å². The molecule has 9 heteroatoms. The summed E-state index contributed by atoms with van der Waals surface area (Å²) in [7, 11) is 0. The van der Waals surface area contributed by atoms with Crippen molar-refractivity contribution < 1.29 is 9.59 Å². The monoisotopic (exact) mass is 883 g/mol. The molecule has 336 valence electrons. The first-order valence-corrected chi connectivity index (χ1v) is 23.4. The molecule has 0 saturated heterocycles. The highest BCUT2D eigenvalue weighted by molar-refractivity contribution is 6.36. The molecule has 7 aromatic carbocycles. The largest absolute Gasteiger partial charge is 0.311 e. The highest BCUT2D eigenvalue weighted by Crippen LogP contribution is 2.44. The smallest absolute Gasteiger partial charge is 0.198 e. The highest BCUT2D eigenvalue weighted by Gasteiger charge is 2.26. The van der Waals surface area contributed by atoms with E-state index < -0.39 is 0 Å². The number of para-hydroxylation sites is 4. The van der Waals surface area contributed by atoms with E-state index in [0.717, 1.165) is 103 Å². The number of ketones is 2. The molecule has 0 bridgehead atoms. The molecule has 2 aromatic heterocycles. The number of benzene rings is 7. The Morgan fingerprint density at radius 3 is 1.00 bits per heavy atom. The van der Waals surface area contributed by atoms with Gasteiger partial charge in [0, 0.05) is 58.1 Å². The Hall–Kier alpha value is -7.78. The lowest BCUT2D eigenvalue weighted by molar-refractivity contribution is -0.136. The molecule has 0 saturated carbocycles. The Balaban J connectivity index is 0.000000698. The van der Waals surface area contributed by atoms with Gasteiger partial charge in [0.05, 0.1) is 29.0 Å². The Bertz CT molecular complexity index is 2800. The predicted octanol–water partition coefficient (Wildman–Crippen LogP) is 14.4. The van der Waals surface area contributed by atoms with Crippen LogP contribution in [0.5, 0.6) is 0 Å². The van der Waals surface area contributed by atoms with Gasteiger partial charge in [-0.2, -0.15) is 15.0 Å². The van der Waals surface area contributed by atoms with Gasteiger partial charge in [0.15, 0.2) is 11.6 Å². The molecule has 9 nitrogen and oxygen atoms in total. The van der Waals surface area contributed by atoms with Crippen molar-refractivity contribution in [3.63, 3.8) is 0 Å². The average molecular weight is 884 g/mol. The summed E-state index contributed by atoms with van der Waals surface area (Å²) in [6.45, 7) is 12.8. The Morgan fingerprint density at radius 2 is 0.731 bits per heavy atom. The van der Waals surface area contributed by atoms with Crippen LogP contribution in [-0.4, -0.2) is 36.5 Å². The minimum atomic E-state index is -0.257. The predicted molar refractivity (Wildman–Crippen MR) is 275 cm³/mol. The van der Waals surface area contributed by atoms with Gasteiger partial charge < -0.3 is 9.80 Å². The summed E-state index contributed by atoms with van der Waals surface area (Å²) >= 11 is 0. The number of hydrogen-bond acceptors (Lipinski definition) is 8. The number of fused-ring (bicyclic) bond motifs is 2. The molecule has 0 aliphatic heterocycles. The third kappa shape index (κ3) is 9.92. The number of rotatable bonds is 15. The molecule has 67 heavy (non-hydrogen) atoms. The minimum absolute atomic E-state index is 0.257. The van der Waals surface area contributed by atoms with Crippen LogP contribution >= 0.6 is 0 Å². The van der Waals surface area contributed by atoms with E-state index >= 15 is 0 Å². The first-order valence-electron chi connectivity index (χ1n) is 23.4. The normalized spacial score (nSPS) is 11.1. The maximum atomic E-state index is 10.4. The van der Waals surface area contributed by atoms with E-state index in [1.165, 1.54) is 0 Å². The van der Waals surface area contributed by atoms with Gasteiger partial charge in [-0.25, -0.2) is 9.97 Å². The summed E-state index contributed by atoms with van der Waals surface area (Å²) in [5, 5.41) is 10.5. The van der Waals surface area contributed by atoms with Gasteiger partial charge in [0.2, 0.25) is 0 Å². The third-order valence-corrected chi connectivity index (χ3v) is 11.7. The summed E-state index contributed by atoms with van der Waals surface area (Å²) in [5.74, 6) is -0.157. The fraction of sp³-hybridized carbons (Fsp3) is 0.207. The molecule has 0 atom stereocenters. The van der Waals surface area contributed by atoms with Crippen molar-refractivity contribution in [3.8, 4) is 22.3 Å². The van der Waals surface area contributed by atoms with Gasteiger partial charge in [-0.05, 0) is 103 Å². The second-order valence-corrected chi connectivity index (χ2v) is 16.8. The lowest BCUT2D eigenvalue weighted by Crippen LogP contribution is -2.09. The van der Waals surface area contributed by atoms with Crippen molar-refractivity contribution in [2.24, 2.45) is 5.92 Å². The van der Waals surface area contributed by atoms with Crippen LogP contribution in [0.3, 0.4) is 0 Å². The number of hydrogen-bond donors (Lipinski definition) is 0. The number of carbonyl (C=O) groups is 2. The molecular weight excluding hydrogens is 827 g/mol. The van der Waals surface area contributed by atoms with E-state index in [0.29, 0.717) is 25.3 Å². The van der Waals surface area contributed by atoms with Gasteiger partial charge >= 0.3 is 0 Å². The molecule has 0 aliphatic carbocycles. The van der Waals surface area contributed by atoms with Gasteiger partial charge in [-0.15, -0.1) is 0 Å². The quantitative estimate of drug-likeness (QED) is 0.0939. The van der Waals surface area contributed by atoms with Crippen molar-refractivity contribution >= 4 is 67.8 Å². The molecule has 0 unspecified atom stereocenters. The lowest BCUT2D eigenvalue weighted by Gasteiger charge is -2.26. The topological polar surface area (TPSA) is 97.1 Å². The Kier molecular flexibility index (Phi) is 14.4. The number of anilines is 6. The number of nitrogens with zero attached hydrogens (tertiary/aromatic N) is 7. The number of aromatic nitrogens is 5. The summed E-state index contributed by atoms with van der Waals surface area (Å²) in [6.07, 6.45) is 2.24. The standard InChI is InChI=1S/C52H47N7.C6H10O2/c1-5-45-46(6-2)54-50-48(38-29-33-44(34-30-38)59(41-23-15-9-16-24-41)42-25-17-10-18-26-42)52-51(55-57(56-52)35-36(3)4)47(49(50)53-45)37-27-31-43(32-28-37)58(39-19-11-7-12-20-39)40-21-13-8-14-22-40;1-3-5(7)6(8)4-2/h7-34,36H,5-6,35H2,1-4H3;3-4H2,1-2H3. The lowest BCUT2D eigenvalue weighted by atomic mass is 9.94. The van der Waals surface area contributed by atoms with Gasteiger partial charge in [0.25, 0.3) is 0 Å². The highest BCUT2D eigenvalue weighted by atomic mass is 16.2. The van der Waals surface area contributed by atoms with Gasteiger partial charge in [0.1, 0.15) is 11.0 Å². The zero-order valence-electron chi connectivity index (χ0n) is 39.2. The fourth-order valence-corrected chi connectivity index (χ4v) is 8.44. The van der Waals surface area contributed by atoms with Crippen LogP contribution in [0, 0.1) is 5.92 Å². The molecule has 0 amide bonds. The first-order chi connectivity index (χ1) is 32.7. The number of aryl methyl sites for hydroxylation is 2. The maximum Gasteiger partial charge on any atom is 0.198 e. The SMILES string of the molecule is CCC(=O)C(=O)CC.CCc1nc2c(-c3ccc(N(c4ccccc4)c4ccccc4)cc3)c3nn(CC(C)C)nc3c(-c3ccc(N(c4ccccc4)c4ccccc4)cc3)c2nc1CC. The molecule has 9 aromatic rings. The van der Waals surface area contributed by atoms with Crippen LogP contribution in [0.4, 0.5) is 34.1 Å². The van der Waals surface area contributed by atoms with E-state index in [2.05, 4.69) is 207 Å². The Morgan fingerprint density at radius 1 is 0.433 bits per heavy atom. The zero-order valence-corrected chi connectivity index (χ0v) is 39.2. The van der Waals surface area contributed by atoms with Crippen LogP contribution in [0.15, 0.2) is 170 Å². The van der Waals surface area contributed by atoms with Crippen molar-refractivity contribution in [2.75, 3.05) is 9.80 Å². The molecular formula is C58H57N7O2. The van der Waals surface area contributed by atoms with Crippen LogP contribution in [0.2, 0.25) is 0 Å². The maximum absolute atomic E-state index is 10.4. The third-order valence-electron chi connectivity index (χ3n) is 11.7. The molecule has 0 fully saturated rings. The van der Waals surface area contributed by atoms with E-state index in [1.807, 2.05) is 4.80 Å². The average Bonchev–Trinajstić information content (AvgIpc) is 3.78. The second kappa shape index (κ2) is 21.0. The second-order valence-electron chi connectivity index (χ2n) is 16.8. The molecule has 0 spiro atoms. The first kappa shape index (κ1) is 45.8. The van der Waals surface area contributed by atoms with Crippen LogP contribution in [0.25, 0.3) is 44.3 Å². The van der Waals surface area contributed by atoms with Crippen LogP contribution in [-0.2, 0) is 29.0 Å². The van der Waals surface area contributed by atoms with Crippen molar-refractivity contribution in [1.82, 2.24) is 25.0 Å². The summed E-state index contributed by atoms with van der Waals surface area (Å²) in [4.78, 5) is 38.1. The molecule has 0 radical (unpaired) electrons.